The number of halogens is 3. The van der Waals surface area contributed by atoms with Crippen LogP contribution in [0.2, 0.25) is 10.0 Å². The number of rotatable bonds is 7. The molecule has 0 atom stereocenters. The summed E-state index contributed by atoms with van der Waals surface area (Å²) in [6, 6.07) is 8.73. The van der Waals surface area contributed by atoms with Crippen molar-refractivity contribution < 1.29 is 19.1 Å². The summed E-state index contributed by atoms with van der Waals surface area (Å²) >= 11 is 15.4. The largest absolute Gasteiger partial charge is 0.493 e. The lowest BCUT2D eigenvalue weighted by Crippen LogP contribution is -2.27. The molecular weight excluding hydrogens is 560 g/mol. The number of carbonyl (C=O) groups excluding carboxylic acids is 2. The van der Waals surface area contributed by atoms with Gasteiger partial charge in [-0.3, -0.25) is 14.5 Å². The zero-order chi connectivity index (χ0) is 21.8. The van der Waals surface area contributed by atoms with Crippen molar-refractivity contribution in [3.8, 4) is 11.5 Å². The molecule has 1 fully saturated rings. The van der Waals surface area contributed by atoms with Crippen molar-refractivity contribution in [2.24, 2.45) is 0 Å². The SMILES string of the molecule is CCCOc1c(I)cc(/C=C2/SC(=O)N(Cc3c(Cl)cccc3Cl)C2=O)cc1OC. The maximum Gasteiger partial charge on any atom is 0.293 e. The molecule has 2 aromatic rings. The van der Waals surface area contributed by atoms with Crippen molar-refractivity contribution in [2.75, 3.05) is 13.7 Å². The van der Waals surface area contributed by atoms with E-state index in [0.29, 0.717) is 38.6 Å². The van der Waals surface area contributed by atoms with Crippen LogP contribution < -0.4 is 9.47 Å². The normalized spacial score (nSPS) is 15.2. The molecule has 1 aliphatic heterocycles. The Kier molecular flexibility index (Phi) is 7.95. The molecular formula is C21H18Cl2INO4S. The molecule has 158 valence electrons. The van der Waals surface area contributed by atoms with E-state index in [1.165, 1.54) is 0 Å². The highest BCUT2D eigenvalue weighted by molar-refractivity contribution is 14.1. The van der Waals surface area contributed by atoms with Crippen molar-refractivity contribution >= 4 is 74.8 Å². The van der Waals surface area contributed by atoms with Gasteiger partial charge in [0.15, 0.2) is 11.5 Å². The maximum atomic E-state index is 12.9. The Morgan fingerprint density at radius 3 is 2.53 bits per heavy atom. The second-order valence-corrected chi connectivity index (χ2v) is 9.32. The lowest BCUT2D eigenvalue weighted by Gasteiger charge is -2.15. The number of methoxy groups -OCH3 is 1. The molecule has 9 heteroatoms. The fraction of sp³-hybridized carbons (Fsp3) is 0.238. The molecule has 0 unspecified atom stereocenters. The number of imide groups is 1. The minimum atomic E-state index is -0.388. The smallest absolute Gasteiger partial charge is 0.293 e. The first-order chi connectivity index (χ1) is 14.3. The second-order valence-electron chi connectivity index (χ2n) is 6.35. The van der Waals surface area contributed by atoms with Crippen molar-refractivity contribution in [3.63, 3.8) is 0 Å². The van der Waals surface area contributed by atoms with Gasteiger partial charge in [0, 0.05) is 15.6 Å². The Bertz CT molecular complexity index is 1010. The zero-order valence-electron chi connectivity index (χ0n) is 16.2. The molecule has 5 nitrogen and oxygen atoms in total. The number of thioether (sulfide) groups is 1. The molecule has 0 N–H and O–H groups in total. The zero-order valence-corrected chi connectivity index (χ0v) is 20.7. The van der Waals surface area contributed by atoms with Crippen LogP contribution in [0, 0.1) is 3.57 Å². The van der Waals surface area contributed by atoms with Gasteiger partial charge in [-0.2, -0.15) is 0 Å². The van der Waals surface area contributed by atoms with Crippen molar-refractivity contribution in [3.05, 3.63) is 60.0 Å². The topological polar surface area (TPSA) is 55.8 Å². The third-order valence-electron chi connectivity index (χ3n) is 4.25. The van der Waals surface area contributed by atoms with Crippen LogP contribution in [0.1, 0.15) is 24.5 Å². The van der Waals surface area contributed by atoms with E-state index in [4.69, 9.17) is 32.7 Å². The molecule has 0 aromatic heterocycles. The van der Waals surface area contributed by atoms with E-state index in [-0.39, 0.29) is 17.7 Å². The molecule has 1 saturated heterocycles. The van der Waals surface area contributed by atoms with Gasteiger partial charge < -0.3 is 9.47 Å². The Balaban J connectivity index is 1.87. The summed E-state index contributed by atoms with van der Waals surface area (Å²) in [5.41, 5.74) is 1.28. The molecule has 30 heavy (non-hydrogen) atoms. The van der Waals surface area contributed by atoms with Crippen LogP contribution in [-0.2, 0) is 11.3 Å². The Hall–Kier alpha value is -1.42. The summed E-state index contributed by atoms with van der Waals surface area (Å²) in [5.74, 6) is 0.850. The fourth-order valence-corrected chi connectivity index (χ4v) is 4.93. The van der Waals surface area contributed by atoms with E-state index in [2.05, 4.69) is 22.6 Å². The third-order valence-corrected chi connectivity index (χ3v) is 6.67. The van der Waals surface area contributed by atoms with Crippen molar-refractivity contribution in [2.45, 2.75) is 19.9 Å². The van der Waals surface area contributed by atoms with Gasteiger partial charge in [-0.15, -0.1) is 0 Å². The summed E-state index contributed by atoms with van der Waals surface area (Å²) in [7, 11) is 1.56. The van der Waals surface area contributed by atoms with Crippen LogP contribution in [0.5, 0.6) is 11.5 Å². The van der Waals surface area contributed by atoms with E-state index in [0.717, 1.165) is 32.2 Å². The first-order valence-corrected chi connectivity index (χ1v) is 11.7. The number of ether oxygens (including phenoxy) is 2. The lowest BCUT2D eigenvalue weighted by molar-refractivity contribution is -0.123. The number of nitrogens with zero attached hydrogens (tertiary/aromatic N) is 1. The molecule has 0 spiro atoms. The van der Waals surface area contributed by atoms with Crippen LogP contribution in [0.15, 0.2) is 35.2 Å². The van der Waals surface area contributed by atoms with Gasteiger partial charge in [-0.05, 0) is 76.7 Å². The average Bonchev–Trinajstić information content (AvgIpc) is 2.96. The summed E-state index contributed by atoms with van der Waals surface area (Å²) in [5, 5.41) is 0.451. The summed E-state index contributed by atoms with van der Waals surface area (Å²) < 4.78 is 12.1. The number of amides is 2. The lowest BCUT2D eigenvalue weighted by atomic mass is 10.1. The molecule has 3 rings (SSSR count). The van der Waals surface area contributed by atoms with Gasteiger partial charge in [-0.25, -0.2) is 0 Å². The van der Waals surface area contributed by atoms with Crippen LogP contribution in [0.4, 0.5) is 4.79 Å². The predicted molar refractivity (Wildman–Crippen MR) is 129 cm³/mol. The number of benzene rings is 2. The predicted octanol–water partition coefficient (Wildman–Crippen LogP) is 6.63. The standard InChI is InChI=1S/C21H18Cl2INO4S/c1-3-7-29-19-16(24)8-12(9-17(19)28-2)10-18-20(26)25(21(27)30-18)11-13-14(22)5-4-6-15(13)23/h4-6,8-10H,3,7,11H2,1-2H3/b18-10+. The van der Waals surface area contributed by atoms with Crippen molar-refractivity contribution in [1.82, 2.24) is 4.90 Å². The monoisotopic (exact) mass is 577 g/mol. The van der Waals surface area contributed by atoms with Gasteiger partial charge in [0.05, 0.1) is 28.7 Å². The fourth-order valence-electron chi connectivity index (χ4n) is 2.80. The molecule has 0 aliphatic carbocycles. The highest BCUT2D eigenvalue weighted by Crippen LogP contribution is 2.38. The quantitative estimate of drug-likeness (QED) is 0.273. The molecule has 2 aromatic carbocycles. The summed E-state index contributed by atoms with van der Waals surface area (Å²) in [6.45, 7) is 2.62. The maximum absolute atomic E-state index is 12.9. The van der Waals surface area contributed by atoms with Crippen molar-refractivity contribution in [1.29, 1.82) is 0 Å². The Morgan fingerprint density at radius 2 is 1.90 bits per heavy atom. The van der Waals surface area contributed by atoms with Crippen LogP contribution in [0.25, 0.3) is 6.08 Å². The second kappa shape index (κ2) is 10.3. The number of hydrogen-bond donors (Lipinski definition) is 0. The molecule has 1 heterocycles. The Morgan fingerprint density at radius 1 is 1.20 bits per heavy atom. The highest BCUT2D eigenvalue weighted by Gasteiger charge is 2.35. The molecule has 0 bridgehead atoms. The van der Waals surface area contributed by atoms with Gasteiger partial charge in [0.2, 0.25) is 0 Å². The molecule has 1 aliphatic rings. The first kappa shape index (κ1) is 23.2. The summed E-state index contributed by atoms with van der Waals surface area (Å²) in [6.07, 6.45) is 2.55. The average molecular weight is 578 g/mol. The van der Waals surface area contributed by atoms with E-state index >= 15 is 0 Å². The third kappa shape index (κ3) is 5.07. The molecule has 2 amide bonds. The molecule has 0 radical (unpaired) electrons. The Labute approximate surface area is 202 Å². The first-order valence-electron chi connectivity index (χ1n) is 9.04. The van der Waals surface area contributed by atoms with E-state index in [9.17, 15) is 9.59 Å². The minimum Gasteiger partial charge on any atom is -0.493 e. The van der Waals surface area contributed by atoms with E-state index in [1.807, 2.05) is 13.0 Å². The minimum absolute atomic E-state index is 0.0190. The van der Waals surface area contributed by atoms with E-state index < -0.39 is 0 Å². The van der Waals surface area contributed by atoms with Gasteiger partial charge >= 0.3 is 0 Å². The number of hydrogen-bond acceptors (Lipinski definition) is 5. The van der Waals surface area contributed by atoms with Crippen LogP contribution >= 0.6 is 57.6 Å². The summed E-state index contributed by atoms with van der Waals surface area (Å²) in [4.78, 5) is 26.8. The van der Waals surface area contributed by atoms with Gasteiger partial charge in [0.25, 0.3) is 11.1 Å². The van der Waals surface area contributed by atoms with Crippen LogP contribution in [-0.4, -0.2) is 29.8 Å². The van der Waals surface area contributed by atoms with Gasteiger partial charge in [-0.1, -0.05) is 36.2 Å². The van der Waals surface area contributed by atoms with Gasteiger partial charge in [0.1, 0.15) is 0 Å². The highest BCUT2D eigenvalue weighted by atomic mass is 127. The molecule has 0 saturated carbocycles. The van der Waals surface area contributed by atoms with Crippen LogP contribution in [0.3, 0.4) is 0 Å². The van der Waals surface area contributed by atoms with E-state index in [1.54, 1.807) is 37.5 Å². The number of carbonyl (C=O) groups is 2.